The Labute approximate surface area is 123 Å². The van der Waals surface area contributed by atoms with Crippen LogP contribution in [0.3, 0.4) is 0 Å². The Morgan fingerprint density at radius 3 is 2.84 bits per heavy atom. The van der Waals surface area contributed by atoms with Crippen LogP contribution >= 0.6 is 23.2 Å². The van der Waals surface area contributed by atoms with Gasteiger partial charge in [-0.25, -0.2) is 0 Å². The third kappa shape index (κ3) is 4.46. The summed E-state index contributed by atoms with van der Waals surface area (Å²) in [6, 6.07) is 5.06. The fraction of sp³-hybridized carbons (Fsp3) is 0.500. The third-order valence-corrected chi connectivity index (χ3v) is 4.07. The van der Waals surface area contributed by atoms with Crippen LogP contribution in [0.15, 0.2) is 18.2 Å². The van der Waals surface area contributed by atoms with Crippen LogP contribution in [0.1, 0.15) is 23.2 Å². The molecule has 1 aliphatic heterocycles. The zero-order valence-corrected chi connectivity index (χ0v) is 12.3. The fourth-order valence-corrected chi connectivity index (χ4v) is 2.50. The van der Waals surface area contributed by atoms with Crippen molar-refractivity contribution < 1.29 is 4.79 Å². The predicted molar refractivity (Wildman–Crippen MR) is 79.3 cm³/mol. The number of hydrogen-bond donors (Lipinski definition) is 1. The van der Waals surface area contributed by atoms with Gasteiger partial charge in [-0.05, 0) is 37.7 Å². The van der Waals surface area contributed by atoms with Crippen molar-refractivity contribution >= 4 is 29.0 Å². The lowest BCUT2D eigenvalue weighted by atomic mass is 10.1. The van der Waals surface area contributed by atoms with Gasteiger partial charge in [0, 0.05) is 31.6 Å². The fourth-order valence-electron chi connectivity index (χ4n) is 2.20. The first kappa shape index (κ1) is 14.8. The molecule has 2 rings (SSSR count). The lowest BCUT2D eigenvalue weighted by molar-refractivity contribution is 0.0965. The van der Waals surface area contributed by atoms with Crippen molar-refractivity contribution in [2.45, 2.75) is 12.8 Å². The number of Topliss-reactive ketones (excluding diaryl/α,β-unsaturated/α-hetero) is 1. The number of rotatable bonds is 4. The number of ketones is 1. The van der Waals surface area contributed by atoms with E-state index in [0.29, 0.717) is 22.0 Å². The molecule has 0 spiro atoms. The maximum Gasteiger partial charge on any atom is 0.164 e. The topological polar surface area (TPSA) is 32.3 Å². The lowest BCUT2D eigenvalue weighted by Crippen LogP contribution is -2.30. The van der Waals surface area contributed by atoms with Gasteiger partial charge in [0.15, 0.2) is 5.78 Å². The summed E-state index contributed by atoms with van der Waals surface area (Å²) >= 11 is 11.8. The van der Waals surface area contributed by atoms with E-state index in [1.54, 1.807) is 18.2 Å². The van der Waals surface area contributed by atoms with Crippen molar-refractivity contribution in [2.24, 2.45) is 0 Å². The maximum atomic E-state index is 12.1. The molecule has 0 aliphatic carbocycles. The van der Waals surface area contributed by atoms with Gasteiger partial charge in [-0.1, -0.05) is 23.2 Å². The molecule has 0 unspecified atom stereocenters. The molecule has 1 aliphatic rings. The van der Waals surface area contributed by atoms with Crippen molar-refractivity contribution in [1.29, 1.82) is 0 Å². The number of hydrogen-bond acceptors (Lipinski definition) is 3. The van der Waals surface area contributed by atoms with Crippen LogP contribution in [0.25, 0.3) is 0 Å². The maximum absolute atomic E-state index is 12.1. The third-order valence-electron chi connectivity index (χ3n) is 3.33. The monoisotopic (exact) mass is 300 g/mol. The largest absolute Gasteiger partial charge is 0.315 e. The number of carbonyl (C=O) groups excluding carboxylic acids is 1. The minimum atomic E-state index is 0.121. The van der Waals surface area contributed by atoms with Crippen LogP contribution in [-0.4, -0.2) is 43.4 Å². The number of nitrogens with zero attached hydrogens (tertiary/aromatic N) is 1. The van der Waals surface area contributed by atoms with Gasteiger partial charge in [0.2, 0.25) is 0 Å². The van der Waals surface area contributed by atoms with E-state index in [0.717, 1.165) is 39.1 Å². The molecule has 0 saturated carbocycles. The van der Waals surface area contributed by atoms with Gasteiger partial charge < -0.3 is 10.2 Å². The number of benzene rings is 1. The Morgan fingerprint density at radius 2 is 2.05 bits per heavy atom. The van der Waals surface area contributed by atoms with Gasteiger partial charge in [0.25, 0.3) is 0 Å². The molecular formula is C14H18Cl2N2O. The van der Waals surface area contributed by atoms with E-state index in [1.807, 2.05) is 0 Å². The van der Waals surface area contributed by atoms with Gasteiger partial charge in [-0.15, -0.1) is 0 Å². The van der Waals surface area contributed by atoms with Gasteiger partial charge in [-0.2, -0.15) is 0 Å². The minimum Gasteiger partial charge on any atom is -0.315 e. The van der Waals surface area contributed by atoms with Crippen LogP contribution < -0.4 is 5.32 Å². The van der Waals surface area contributed by atoms with Crippen molar-refractivity contribution in [2.75, 3.05) is 32.7 Å². The second-order valence-corrected chi connectivity index (χ2v) is 5.56. The van der Waals surface area contributed by atoms with E-state index in [1.165, 1.54) is 0 Å². The molecule has 3 nitrogen and oxygen atoms in total. The highest BCUT2D eigenvalue weighted by Gasteiger charge is 2.12. The molecule has 0 aromatic heterocycles. The first-order valence-corrected chi connectivity index (χ1v) is 7.34. The SMILES string of the molecule is O=C(CCN1CCCNCC1)c1ccc(Cl)c(Cl)c1. The molecule has 19 heavy (non-hydrogen) atoms. The molecule has 1 fully saturated rings. The van der Waals surface area contributed by atoms with Crippen molar-refractivity contribution in [3.63, 3.8) is 0 Å². The molecule has 0 bridgehead atoms. The molecule has 0 radical (unpaired) electrons. The highest BCUT2D eigenvalue weighted by atomic mass is 35.5. The summed E-state index contributed by atoms with van der Waals surface area (Å²) in [5.74, 6) is 0.121. The first-order chi connectivity index (χ1) is 9.16. The molecule has 5 heteroatoms. The number of carbonyl (C=O) groups is 1. The summed E-state index contributed by atoms with van der Waals surface area (Å²) in [7, 11) is 0. The van der Waals surface area contributed by atoms with Crippen molar-refractivity contribution in [3.05, 3.63) is 33.8 Å². The Morgan fingerprint density at radius 1 is 1.21 bits per heavy atom. The lowest BCUT2D eigenvalue weighted by Gasteiger charge is -2.18. The van der Waals surface area contributed by atoms with E-state index in [2.05, 4.69) is 10.2 Å². The van der Waals surface area contributed by atoms with E-state index in [4.69, 9.17) is 23.2 Å². The average Bonchev–Trinajstić information content (AvgIpc) is 2.67. The summed E-state index contributed by atoms with van der Waals surface area (Å²) in [5, 5.41) is 4.27. The Hall–Kier alpha value is -0.610. The quantitative estimate of drug-likeness (QED) is 0.868. The summed E-state index contributed by atoms with van der Waals surface area (Å²) < 4.78 is 0. The summed E-state index contributed by atoms with van der Waals surface area (Å²) in [6.07, 6.45) is 1.67. The normalized spacial score (nSPS) is 17.2. The smallest absolute Gasteiger partial charge is 0.164 e. The molecule has 104 valence electrons. The molecular weight excluding hydrogens is 283 g/mol. The Balaban J connectivity index is 1.87. The standard InChI is InChI=1S/C14H18Cl2N2O/c15-12-3-2-11(10-13(12)16)14(19)4-8-18-7-1-5-17-6-9-18/h2-3,10,17H,1,4-9H2. The van der Waals surface area contributed by atoms with E-state index in [9.17, 15) is 4.79 Å². The molecule has 0 atom stereocenters. The zero-order chi connectivity index (χ0) is 13.7. The Bertz CT molecular complexity index is 443. The number of nitrogens with one attached hydrogen (secondary N) is 1. The zero-order valence-electron chi connectivity index (χ0n) is 10.8. The molecule has 1 aromatic rings. The van der Waals surface area contributed by atoms with Crippen LogP contribution in [0.5, 0.6) is 0 Å². The Kier molecular flexibility index (Phi) is 5.64. The van der Waals surface area contributed by atoms with Crippen LogP contribution in [0, 0.1) is 0 Å². The van der Waals surface area contributed by atoms with Gasteiger partial charge >= 0.3 is 0 Å². The second-order valence-electron chi connectivity index (χ2n) is 4.75. The highest BCUT2D eigenvalue weighted by molar-refractivity contribution is 6.42. The van der Waals surface area contributed by atoms with Crippen molar-refractivity contribution in [3.8, 4) is 0 Å². The minimum absolute atomic E-state index is 0.121. The first-order valence-electron chi connectivity index (χ1n) is 6.58. The average molecular weight is 301 g/mol. The molecule has 1 aromatic carbocycles. The van der Waals surface area contributed by atoms with Gasteiger partial charge in [-0.3, -0.25) is 4.79 Å². The second kappa shape index (κ2) is 7.25. The number of halogens is 2. The van der Waals surface area contributed by atoms with E-state index < -0.39 is 0 Å². The molecule has 1 saturated heterocycles. The predicted octanol–water partition coefficient (Wildman–Crippen LogP) is 2.86. The summed E-state index contributed by atoms with van der Waals surface area (Å²) in [4.78, 5) is 14.4. The van der Waals surface area contributed by atoms with Crippen LogP contribution in [-0.2, 0) is 0 Å². The molecule has 0 amide bonds. The van der Waals surface area contributed by atoms with Crippen LogP contribution in [0.2, 0.25) is 10.0 Å². The van der Waals surface area contributed by atoms with E-state index >= 15 is 0 Å². The van der Waals surface area contributed by atoms with Crippen LogP contribution in [0.4, 0.5) is 0 Å². The highest BCUT2D eigenvalue weighted by Crippen LogP contribution is 2.23. The van der Waals surface area contributed by atoms with E-state index in [-0.39, 0.29) is 5.78 Å². The molecule has 1 heterocycles. The van der Waals surface area contributed by atoms with Crippen molar-refractivity contribution in [1.82, 2.24) is 10.2 Å². The summed E-state index contributed by atoms with van der Waals surface area (Å²) in [6.45, 7) is 4.94. The van der Waals surface area contributed by atoms with Gasteiger partial charge in [0.05, 0.1) is 10.0 Å². The van der Waals surface area contributed by atoms with Gasteiger partial charge in [0.1, 0.15) is 0 Å². The molecule has 1 N–H and O–H groups in total. The summed E-state index contributed by atoms with van der Waals surface area (Å²) in [5.41, 5.74) is 0.641.